The first kappa shape index (κ1) is 19.3. The highest BCUT2D eigenvalue weighted by molar-refractivity contribution is 7.80. The van der Waals surface area contributed by atoms with Crippen LogP contribution in [0.25, 0.3) is 0 Å². The van der Waals surface area contributed by atoms with Crippen LogP contribution in [0, 0.1) is 0 Å². The molecule has 0 aliphatic carbocycles. The summed E-state index contributed by atoms with van der Waals surface area (Å²) in [6, 6.07) is 0. The van der Waals surface area contributed by atoms with Crippen molar-refractivity contribution >= 4 is 12.6 Å². The maximum absolute atomic E-state index is 9.98. The number of hydrogen-bond acceptors (Lipinski definition) is 11. The van der Waals surface area contributed by atoms with Crippen molar-refractivity contribution in [3.05, 3.63) is 0 Å². The number of ether oxygens (including phenoxy) is 3. The molecule has 0 saturated carbocycles. The Bertz CT molecular complexity index is 383. The largest absolute Gasteiger partial charge is 0.394 e. The van der Waals surface area contributed by atoms with Gasteiger partial charge in [-0.15, -0.1) is 0 Å². The van der Waals surface area contributed by atoms with Gasteiger partial charge in [0.05, 0.1) is 12.7 Å². The fraction of sp³-hybridized carbons (Fsp3) is 1.00. The molecule has 23 heavy (non-hydrogen) atoms. The highest BCUT2D eigenvalue weighted by atomic mass is 32.1. The molecular formula is C12H22O10S. The molecule has 0 radical (unpaired) electrons. The summed E-state index contributed by atoms with van der Waals surface area (Å²) >= 11 is 3.96. The Kier molecular flexibility index (Phi) is 6.61. The summed E-state index contributed by atoms with van der Waals surface area (Å²) in [5, 5.41) is 67.7. The third kappa shape index (κ3) is 3.80. The van der Waals surface area contributed by atoms with Crippen LogP contribution in [0.4, 0.5) is 0 Å². The molecule has 0 amide bonds. The van der Waals surface area contributed by atoms with E-state index in [0.717, 1.165) is 0 Å². The van der Waals surface area contributed by atoms with Crippen molar-refractivity contribution in [3.8, 4) is 0 Å². The molecule has 2 fully saturated rings. The minimum Gasteiger partial charge on any atom is -0.394 e. The van der Waals surface area contributed by atoms with Gasteiger partial charge in [-0.1, -0.05) is 0 Å². The van der Waals surface area contributed by atoms with Crippen molar-refractivity contribution in [1.82, 2.24) is 0 Å². The normalized spacial score (nSPS) is 51.7. The molecule has 2 rings (SSSR count). The lowest BCUT2D eigenvalue weighted by molar-refractivity contribution is -0.351. The van der Waals surface area contributed by atoms with Crippen LogP contribution >= 0.6 is 12.6 Å². The Morgan fingerprint density at radius 1 is 0.783 bits per heavy atom. The minimum absolute atomic E-state index is 0.0271. The molecule has 0 unspecified atom stereocenters. The third-order valence-corrected chi connectivity index (χ3v) is 4.34. The van der Waals surface area contributed by atoms with Crippen molar-refractivity contribution in [2.24, 2.45) is 0 Å². The van der Waals surface area contributed by atoms with E-state index in [2.05, 4.69) is 12.6 Å². The smallest absolute Gasteiger partial charge is 0.187 e. The SMILES string of the molecule is OC[C@H]1O[C@H](O)[C@H](O)[C@@H](O)[C@@H]1O[C@@H]1O[C@H](CS)[C@H](O)[C@H](O)[C@H]1O. The van der Waals surface area contributed by atoms with E-state index in [-0.39, 0.29) is 5.75 Å². The second kappa shape index (κ2) is 7.89. The van der Waals surface area contributed by atoms with Crippen LogP contribution in [-0.2, 0) is 14.2 Å². The minimum atomic E-state index is -1.71. The molecule has 0 aromatic rings. The molecule has 2 aliphatic heterocycles. The van der Waals surface area contributed by atoms with Crippen LogP contribution in [0.1, 0.15) is 0 Å². The summed E-state index contributed by atoms with van der Waals surface area (Å²) in [4.78, 5) is 0. The molecule has 0 aromatic heterocycles. The zero-order valence-corrected chi connectivity index (χ0v) is 12.9. The lowest BCUT2D eigenvalue weighted by atomic mass is 9.97. The van der Waals surface area contributed by atoms with Gasteiger partial charge < -0.3 is 50.0 Å². The van der Waals surface area contributed by atoms with Gasteiger partial charge in [0.1, 0.15) is 42.7 Å². The van der Waals surface area contributed by atoms with E-state index in [1.807, 2.05) is 0 Å². The second-order valence-electron chi connectivity index (χ2n) is 5.53. The molecule has 7 N–H and O–H groups in total. The topological polar surface area (TPSA) is 169 Å². The lowest BCUT2D eigenvalue weighted by Crippen LogP contribution is -2.64. The van der Waals surface area contributed by atoms with E-state index in [1.165, 1.54) is 0 Å². The average Bonchev–Trinajstić information content (AvgIpc) is 2.55. The van der Waals surface area contributed by atoms with Crippen LogP contribution in [0.15, 0.2) is 0 Å². The first-order valence-electron chi connectivity index (χ1n) is 7.08. The predicted octanol–water partition coefficient (Wildman–Crippen LogP) is -4.46. The average molecular weight is 358 g/mol. The van der Waals surface area contributed by atoms with Crippen LogP contribution in [0.3, 0.4) is 0 Å². The van der Waals surface area contributed by atoms with Crippen molar-refractivity contribution in [2.45, 2.75) is 61.4 Å². The van der Waals surface area contributed by atoms with Gasteiger partial charge in [-0.3, -0.25) is 0 Å². The van der Waals surface area contributed by atoms with Gasteiger partial charge in [-0.25, -0.2) is 0 Å². The molecule has 2 saturated heterocycles. The monoisotopic (exact) mass is 358 g/mol. The zero-order chi connectivity index (χ0) is 17.3. The Morgan fingerprint density at radius 3 is 2.00 bits per heavy atom. The van der Waals surface area contributed by atoms with Gasteiger partial charge in [0, 0.05) is 5.75 Å². The molecule has 0 bridgehead atoms. The molecule has 10 nitrogen and oxygen atoms in total. The summed E-state index contributed by atoms with van der Waals surface area (Å²) in [5.41, 5.74) is 0. The quantitative estimate of drug-likeness (QED) is 0.229. The van der Waals surface area contributed by atoms with Gasteiger partial charge in [0.25, 0.3) is 0 Å². The number of aliphatic hydroxyl groups excluding tert-OH is 7. The van der Waals surface area contributed by atoms with Gasteiger partial charge in [-0.2, -0.15) is 12.6 Å². The van der Waals surface area contributed by atoms with E-state index >= 15 is 0 Å². The summed E-state index contributed by atoms with van der Waals surface area (Å²) in [5.74, 6) is 0.0271. The molecule has 11 heteroatoms. The van der Waals surface area contributed by atoms with Crippen molar-refractivity contribution < 1.29 is 50.0 Å². The van der Waals surface area contributed by atoms with Gasteiger partial charge >= 0.3 is 0 Å². The Labute approximate surface area is 137 Å². The predicted molar refractivity (Wildman–Crippen MR) is 75.4 cm³/mol. The molecule has 0 spiro atoms. The van der Waals surface area contributed by atoms with Crippen LogP contribution in [-0.4, -0.2) is 110 Å². The number of thiol groups is 1. The molecule has 10 atom stereocenters. The van der Waals surface area contributed by atoms with Crippen molar-refractivity contribution in [1.29, 1.82) is 0 Å². The number of rotatable bonds is 4. The van der Waals surface area contributed by atoms with Gasteiger partial charge in [0.2, 0.25) is 0 Å². The van der Waals surface area contributed by atoms with Crippen molar-refractivity contribution in [3.63, 3.8) is 0 Å². The van der Waals surface area contributed by atoms with Crippen LogP contribution < -0.4 is 0 Å². The van der Waals surface area contributed by atoms with Gasteiger partial charge in [0.15, 0.2) is 12.6 Å². The van der Waals surface area contributed by atoms with Crippen LogP contribution in [0.2, 0.25) is 0 Å². The summed E-state index contributed by atoms with van der Waals surface area (Å²) in [6.45, 7) is -0.643. The fourth-order valence-electron chi connectivity index (χ4n) is 2.57. The maximum Gasteiger partial charge on any atom is 0.187 e. The highest BCUT2D eigenvalue weighted by Gasteiger charge is 2.49. The van der Waals surface area contributed by atoms with E-state index in [1.54, 1.807) is 0 Å². The van der Waals surface area contributed by atoms with E-state index in [0.29, 0.717) is 0 Å². The van der Waals surface area contributed by atoms with Gasteiger partial charge in [-0.05, 0) is 0 Å². The Morgan fingerprint density at radius 2 is 1.43 bits per heavy atom. The molecule has 2 aliphatic rings. The molecule has 136 valence electrons. The standard InChI is InChI=1S/C12H22O10S/c13-1-3-10(7(16)8(17)11(19)20-3)22-12-9(18)6(15)5(14)4(2-23)21-12/h3-19,23H,1-2H2/t3-,4-,5+,6+,7-,8-,9-,10-,11+,12+/m1/s1. The number of aliphatic hydroxyl groups is 7. The first-order valence-corrected chi connectivity index (χ1v) is 7.71. The Hall–Kier alpha value is -0.0500. The van der Waals surface area contributed by atoms with Crippen molar-refractivity contribution in [2.75, 3.05) is 12.4 Å². The summed E-state index contributed by atoms with van der Waals surface area (Å²) in [7, 11) is 0. The molecule has 2 heterocycles. The molecule has 0 aromatic carbocycles. The third-order valence-electron chi connectivity index (χ3n) is 3.98. The summed E-state index contributed by atoms with van der Waals surface area (Å²) in [6.07, 6.45) is -14.6. The molecular weight excluding hydrogens is 336 g/mol. The Balaban J connectivity index is 2.11. The van der Waals surface area contributed by atoms with E-state index in [4.69, 9.17) is 14.2 Å². The van der Waals surface area contributed by atoms with E-state index < -0.39 is 68.0 Å². The van der Waals surface area contributed by atoms with E-state index in [9.17, 15) is 35.7 Å². The van der Waals surface area contributed by atoms with Crippen LogP contribution in [0.5, 0.6) is 0 Å². The fourth-order valence-corrected chi connectivity index (χ4v) is 2.87. The lowest BCUT2D eigenvalue weighted by Gasteiger charge is -2.45. The number of hydrogen-bond donors (Lipinski definition) is 8. The zero-order valence-electron chi connectivity index (χ0n) is 12.0. The highest BCUT2D eigenvalue weighted by Crippen LogP contribution is 2.28. The first-order chi connectivity index (χ1) is 10.8. The summed E-state index contributed by atoms with van der Waals surface area (Å²) < 4.78 is 15.5. The second-order valence-corrected chi connectivity index (χ2v) is 5.89. The maximum atomic E-state index is 9.98.